The minimum Gasteiger partial charge on any atom is -0.258 e. The van der Waals surface area contributed by atoms with Crippen LogP contribution >= 0.6 is 23.1 Å². The van der Waals surface area contributed by atoms with Crippen molar-refractivity contribution in [1.29, 1.82) is 0 Å². The second-order valence-corrected chi connectivity index (χ2v) is 5.15. The fourth-order valence-electron chi connectivity index (χ4n) is 1.73. The molecule has 0 aliphatic carbocycles. The molecule has 0 unspecified atom stereocenters. The number of aromatic nitrogens is 4. The molecule has 9 heteroatoms. The van der Waals surface area contributed by atoms with Crippen molar-refractivity contribution >= 4 is 39.7 Å². The molecule has 0 fully saturated rings. The molecule has 0 aliphatic heterocycles. The SMILES string of the molecule is O=[N+]([O-])c1ccc2cnn(Cc3nnsc3Cl)c2c1. The molecule has 7 nitrogen and oxygen atoms in total. The molecule has 3 aromatic rings. The summed E-state index contributed by atoms with van der Waals surface area (Å²) in [6.45, 7) is 0.333. The van der Waals surface area contributed by atoms with E-state index in [1.807, 2.05) is 0 Å². The number of rotatable bonds is 3. The van der Waals surface area contributed by atoms with Crippen LogP contribution in [0.5, 0.6) is 0 Å². The summed E-state index contributed by atoms with van der Waals surface area (Å²) in [5.74, 6) is 0. The quantitative estimate of drug-likeness (QED) is 0.547. The fourth-order valence-corrected chi connectivity index (χ4v) is 2.34. The molecule has 0 atom stereocenters. The third kappa shape index (κ3) is 2.15. The summed E-state index contributed by atoms with van der Waals surface area (Å²) in [5.41, 5.74) is 1.29. The van der Waals surface area contributed by atoms with Gasteiger partial charge in [-0.15, -0.1) is 5.10 Å². The van der Waals surface area contributed by atoms with E-state index in [0.29, 0.717) is 22.1 Å². The predicted octanol–water partition coefficient (Wildman–Crippen LogP) is 2.50. The lowest BCUT2D eigenvalue weighted by Crippen LogP contribution is -2.02. The lowest BCUT2D eigenvalue weighted by atomic mass is 10.2. The molecule has 0 saturated heterocycles. The van der Waals surface area contributed by atoms with Crippen molar-refractivity contribution in [1.82, 2.24) is 19.4 Å². The summed E-state index contributed by atoms with van der Waals surface area (Å²) in [6.07, 6.45) is 1.65. The van der Waals surface area contributed by atoms with Crippen LogP contribution in [0.1, 0.15) is 5.69 Å². The summed E-state index contributed by atoms with van der Waals surface area (Å²) in [4.78, 5) is 10.3. The average molecular weight is 296 g/mol. The van der Waals surface area contributed by atoms with Crippen LogP contribution in [-0.4, -0.2) is 24.3 Å². The highest BCUT2D eigenvalue weighted by Crippen LogP contribution is 2.23. The summed E-state index contributed by atoms with van der Waals surface area (Å²) in [7, 11) is 0. The maximum absolute atomic E-state index is 10.8. The van der Waals surface area contributed by atoms with Crippen LogP contribution in [0, 0.1) is 10.1 Å². The molecule has 96 valence electrons. The van der Waals surface area contributed by atoms with E-state index >= 15 is 0 Å². The molecule has 0 spiro atoms. The fraction of sp³-hybridized carbons (Fsp3) is 0.100. The smallest absolute Gasteiger partial charge is 0.258 e. The van der Waals surface area contributed by atoms with Gasteiger partial charge in [0.05, 0.1) is 23.2 Å². The van der Waals surface area contributed by atoms with E-state index in [1.54, 1.807) is 16.9 Å². The van der Waals surface area contributed by atoms with E-state index in [9.17, 15) is 10.1 Å². The van der Waals surface area contributed by atoms with E-state index in [4.69, 9.17) is 11.6 Å². The topological polar surface area (TPSA) is 86.7 Å². The number of hydrogen-bond donors (Lipinski definition) is 0. The van der Waals surface area contributed by atoms with Gasteiger partial charge in [-0.3, -0.25) is 14.8 Å². The van der Waals surface area contributed by atoms with Crippen LogP contribution in [0.2, 0.25) is 4.34 Å². The molecule has 3 rings (SSSR count). The van der Waals surface area contributed by atoms with Gasteiger partial charge in [0.25, 0.3) is 5.69 Å². The standard InChI is InChI=1S/C10H6ClN5O2S/c11-10-8(13-14-19-10)5-15-9-3-7(16(17)18)2-1-6(9)4-12-15/h1-4H,5H2. The maximum atomic E-state index is 10.8. The van der Waals surface area contributed by atoms with Crippen LogP contribution in [0.3, 0.4) is 0 Å². The van der Waals surface area contributed by atoms with Crippen molar-refractivity contribution < 1.29 is 4.92 Å². The van der Waals surface area contributed by atoms with Crippen LogP contribution in [0.15, 0.2) is 24.4 Å². The molecule has 0 bridgehead atoms. The first kappa shape index (κ1) is 12.0. The van der Waals surface area contributed by atoms with Gasteiger partial charge in [-0.1, -0.05) is 16.1 Å². The van der Waals surface area contributed by atoms with Crippen molar-refractivity contribution in [3.8, 4) is 0 Å². The van der Waals surface area contributed by atoms with E-state index in [0.717, 1.165) is 16.9 Å². The lowest BCUT2D eigenvalue weighted by molar-refractivity contribution is -0.384. The van der Waals surface area contributed by atoms with Gasteiger partial charge in [0.1, 0.15) is 10.0 Å². The zero-order valence-electron chi connectivity index (χ0n) is 9.36. The van der Waals surface area contributed by atoms with Crippen LogP contribution in [-0.2, 0) is 6.54 Å². The van der Waals surface area contributed by atoms with E-state index in [2.05, 4.69) is 14.7 Å². The molecule has 1 aromatic carbocycles. The molecule has 19 heavy (non-hydrogen) atoms. The van der Waals surface area contributed by atoms with Crippen molar-refractivity contribution in [3.05, 3.63) is 44.5 Å². The lowest BCUT2D eigenvalue weighted by Gasteiger charge is -2.00. The summed E-state index contributed by atoms with van der Waals surface area (Å²) < 4.78 is 5.85. The van der Waals surface area contributed by atoms with Gasteiger partial charge in [-0.05, 0) is 6.07 Å². The zero-order chi connectivity index (χ0) is 13.4. The largest absolute Gasteiger partial charge is 0.271 e. The Morgan fingerprint density at radius 2 is 2.32 bits per heavy atom. The molecule has 0 amide bonds. The van der Waals surface area contributed by atoms with Crippen LogP contribution < -0.4 is 0 Å². The van der Waals surface area contributed by atoms with Crippen molar-refractivity contribution in [2.75, 3.05) is 0 Å². The van der Waals surface area contributed by atoms with Gasteiger partial charge in [-0.2, -0.15) is 5.10 Å². The van der Waals surface area contributed by atoms with Gasteiger partial charge in [0.15, 0.2) is 0 Å². The Kier molecular flexibility index (Phi) is 2.88. The molecule has 0 saturated carbocycles. The molecule has 2 aromatic heterocycles. The van der Waals surface area contributed by atoms with Gasteiger partial charge in [0, 0.05) is 29.1 Å². The van der Waals surface area contributed by atoms with Crippen LogP contribution in [0.25, 0.3) is 10.9 Å². The number of nitro benzene ring substituents is 1. The first-order chi connectivity index (χ1) is 9.15. The second kappa shape index (κ2) is 4.56. The third-order valence-corrected chi connectivity index (χ3v) is 3.63. The third-order valence-electron chi connectivity index (χ3n) is 2.65. The molecule has 2 heterocycles. The number of fused-ring (bicyclic) bond motifs is 1. The monoisotopic (exact) mass is 295 g/mol. The Morgan fingerprint density at radius 1 is 1.47 bits per heavy atom. The Balaban J connectivity index is 2.06. The molecular weight excluding hydrogens is 290 g/mol. The number of non-ortho nitro benzene ring substituents is 1. The molecule has 0 aliphatic rings. The first-order valence-corrected chi connectivity index (χ1v) is 6.37. The number of hydrogen-bond acceptors (Lipinski definition) is 6. The normalized spacial score (nSPS) is 11.0. The predicted molar refractivity (Wildman–Crippen MR) is 70.4 cm³/mol. The van der Waals surface area contributed by atoms with Crippen molar-refractivity contribution in [3.63, 3.8) is 0 Å². The summed E-state index contributed by atoms with van der Waals surface area (Å²) >= 11 is 7.03. The summed E-state index contributed by atoms with van der Waals surface area (Å²) in [5, 5.41) is 19.7. The highest BCUT2D eigenvalue weighted by Gasteiger charge is 2.12. The second-order valence-electron chi connectivity index (χ2n) is 3.80. The van der Waals surface area contributed by atoms with E-state index < -0.39 is 4.92 Å². The van der Waals surface area contributed by atoms with Gasteiger partial charge in [0.2, 0.25) is 0 Å². The minimum atomic E-state index is -0.436. The van der Waals surface area contributed by atoms with Crippen LogP contribution in [0.4, 0.5) is 5.69 Å². The number of benzene rings is 1. The number of nitro groups is 1. The highest BCUT2D eigenvalue weighted by molar-refractivity contribution is 7.10. The number of halogens is 1. The van der Waals surface area contributed by atoms with Crippen molar-refractivity contribution in [2.24, 2.45) is 0 Å². The first-order valence-electron chi connectivity index (χ1n) is 5.22. The Bertz CT molecular complexity index is 768. The van der Waals surface area contributed by atoms with Gasteiger partial charge < -0.3 is 0 Å². The molecule has 0 N–H and O–H groups in total. The molecular formula is C10H6ClN5O2S. The Morgan fingerprint density at radius 3 is 3.00 bits per heavy atom. The zero-order valence-corrected chi connectivity index (χ0v) is 10.9. The molecule has 0 radical (unpaired) electrons. The van der Waals surface area contributed by atoms with E-state index in [1.165, 1.54) is 12.1 Å². The van der Waals surface area contributed by atoms with E-state index in [-0.39, 0.29) is 5.69 Å². The minimum absolute atomic E-state index is 0.0248. The van der Waals surface area contributed by atoms with Crippen molar-refractivity contribution in [2.45, 2.75) is 6.54 Å². The van der Waals surface area contributed by atoms with Gasteiger partial charge >= 0.3 is 0 Å². The number of nitrogens with zero attached hydrogens (tertiary/aromatic N) is 5. The average Bonchev–Trinajstić information content (AvgIpc) is 2.97. The Labute approximate surface area is 115 Å². The van der Waals surface area contributed by atoms with Gasteiger partial charge in [-0.25, -0.2) is 0 Å². The maximum Gasteiger partial charge on any atom is 0.271 e. The summed E-state index contributed by atoms with van der Waals surface area (Å²) in [6, 6.07) is 4.60. The highest BCUT2D eigenvalue weighted by atomic mass is 35.5. The Hall–Kier alpha value is -2.06.